The van der Waals surface area contributed by atoms with Crippen LogP contribution in [0.15, 0.2) is 170 Å². The molecule has 1 unspecified atom stereocenters. The normalized spacial score (nSPS) is 14.7. The molecule has 7 heteroatoms. The van der Waals surface area contributed by atoms with Crippen molar-refractivity contribution in [2.75, 3.05) is 13.2 Å². The molecule has 336 valence electrons. The van der Waals surface area contributed by atoms with Gasteiger partial charge in [0.05, 0.1) is 44.6 Å². The first-order valence-electron chi connectivity index (χ1n) is 22.6. The van der Waals surface area contributed by atoms with Gasteiger partial charge in [-0.15, -0.1) is 0 Å². The molecule has 0 saturated heterocycles. The van der Waals surface area contributed by atoms with Gasteiger partial charge in [0.1, 0.15) is 11.5 Å². The van der Waals surface area contributed by atoms with Crippen LogP contribution < -0.4 is 0 Å². The fourth-order valence-electron chi connectivity index (χ4n) is 10.5. The quantitative estimate of drug-likeness (QED) is 0.0813. The monoisotopic (exact) mass is 1050 g/mol. The fraction of sp³-hybridized carbons (Fsp3) is 0.167. The zero-order valence-electron chi connectivity index (χ0n) is 38.7. The van der Waals surface area contributed by atoms with E-state index < -0.39 is 0 Å². The Morgan fingerprint density at radius 1 is 0.433 bits per heavy atom. The summed E-state index contributed by atoms with van der Waals surface area (Å²) in [6.07, 6.45) is 4.56. The van der Waals surface area contributed by atoms with Crippen LogP contribution in [-0.4, -0.2) is 42.0 Å². The van der Waals surface area contributed by atoms with Crippen LogP contribution in [0.1, 0.15) is 36.8 Å². The molecule has 1 saturated carbocycles. The van der Waals surface area contributed by atoms with E-state index in [2.05, 4.69) is 169 Å². The number of nitrogens with zero attached hydrogens (tertiary/aromatic N) is 2. The molecule has 1 fully saturated rings. The minimum Gasteiger partial charge on any atom is -0.582 e. The average Bonchev–Trinajstić information content (AvgIpc) is 3.85. The molecule has 0 amide bonds. The van der Waals surface area contributed by atoms with E-state index in [0.29, 0.717) is 25.0 Å². The number of benzene rings is 8. The smallest absolute Gasteiger partial charge is 0.262 e. The third kappa shape index (κ3) is 8.44. The minimum absolute atomic E-state index is 0. The standard InChI is InChI=1S/C58H50N2O4.2CH3.Hf/c1-37-31-47(57(61)53(33-37)59-49-25-11-5-19-41(49)42-20-6-12-26-50(42)59)45-23-9-15-29-55(45)63-35-39-17-3-4-18-40(39)36-64-56-30-16-10-24-46(56)48-32-38(2)34-54(58(48)62)60-51-27-13-7-21-43(51)44-22-8-14-28-52(44)60;;;/h5-16,19-34,39-40,61-62H,3-4,17-18,35-36H2,1-2H3;2*1H3;/q;2*-1;/p+2/t39-,40?;;;/m0.../s1. The third-order valence-corrected chi connectivity index (χ3v) is 13.6. The number of phenolic OH excluding ortho intramolecular Hbond substituents is 2. The van der Waals surface area contributed by atoms with Gasteiger partial charge in [-0.2, -0.15) is 0 Å². The van der Waals surface area contributed by atoms with Gasteiger partial charge >= 0.3 is 0 Å². The summed E-state index contributed by atoms with van der Waals surface area (Å²) in [6, 6.07) is 58.4. The summed E-state index contributed by atoms with van der Waals surface area (Å²) in [5, 5.41) is 29.1. The molecule has 10 aromatic rings. The van der Waals surface area contributed by atoms with E-state index in [-0.39, 0.29) is 52.2 Å². The van der Waals surface area contributed by atoms with E-state index in [0.717, 1.165) is 113 Å². The van der Waals surface area contributed by atoms with E-state index in [1.54, 1.807) is 0 Å². The number of aliphatic hydroxyl groups is 2. The minimum atomic E-state index is 0. The SMILES string of the molecule is Cc1cc(-c2ccccc2[OH+]CC2CCCC[C@H]2C[OH+]c2ccccc2-c2cc(C)cc(-n3c4ccccc4c4ccccc43)c2O)c(O)c(-n2c3ccccc3c3ccccc32)c1.[CH3-].[CH3-].[Hf]. The fourth-order valence-corrected chi connectivity index (χ4v) is 10.5. The number of hydrogen-bond acceptors (Lipinski definition) is 2. The number of aromatic hydroxyl groups is 4. The first kappa shape index (κ1) is 46.9. The summed E-state index contributed by atoms with van der Waals surface area (Å²) in [7, 11) is 0. The van der Waals surface area contributed by atoms with Crippen LogP contribution in [0.4, 0.5) is 0 Å². The van der Waals surface area contributed by atoms with E-state index in [1.165, 1.54) is 12.8 Å². The maximum atomic E-state index is 12.2. The van der Waals surface area contributed by atoms with Gasteiger partial charge in [-0.05, 0) is 98.5 Å². The summed E-state index contributed by atoms with van der Waals surface area (Å²) >= 11 is 0. The molecule has 11 rings (SSSR count). The number of ether oxygens (including phenoxy) is 2. The van der Waals surface area contributed by atoms with Crippen molar-refractivity contribution in [3.05, 3.63) is 196 Å². The van der Waals surface area contributed by atoms with Gasteiger partial charge in [0.25, 0.3) is 11.5 Å². The van der Waals surface area contributed by atoms with Gasteiger partial charge in [-0.1, -0.05) is 110 Å². The number of hydrogen-bond donors (Lipinski definition) is 2. The Labute approximate surface area is 412 Å². The molecule has 2 heterocycles. The Hall–Kier alpha value is -6.57. The largest absolute Gasteiger partial charge is 0.582 e. The molecular formula is C60H58HfN2O4. The summed E-state index contributed by atoms with van der Waals surface area (Å²) in [5.74, 6) is 3.00. The summed E-state index contributed by atoms with van der Waals surface area (Å²) < 4.78 is 15.1. The Kier molecular flexibility index (Phi) is 13.8. The van der Waals surface area contributed by atoms with E-state index in [9.17, 15) is 10.2 Å². The van der Waals surface area contributed by atoms with Crippen LogP contribution in [0.5, 0.6) is 23.0 Å². The summed E-state index contributed by atoms with van der Waals surface area (Å²) in [5.41, 5.74) is 11.3. The Bertz CT molecular complexity index is 3050. The van der Waals surface area contributed by atoms with E-state index >= 15 is 0 Å². The van der Waals surface area contributed by atoms with E-state index in [1.807, 2.05) is 24.3 Å². The van der Waals surface area contributed by atoms with Crippen molar-refractivity contribution in [3.8, 4) is 56.6 Å². The molecule has 67 heavy (non-hydrogen) atoms. The van der Waals surface area contributed by atoms with Gasteiger partial charge in [0.15, 0.2) is 13.2 Å². The molecule has 2 atom stereocenters. The first-order valence-corrected chi connectivity index (χ1v) is 22.6. The van der Waals surface area contributed by atoms with Crippen LogP contribution in [0.25, 0.3) is 77.2 Å². The molecule has 0 spiro atoms. The molecule has 8 aromatic carbocycles. The predicted octanol–water partition coefficient (Wildman–Crippen LogP) is 15.1. The molecule has 0 aliphatic heterocycles. The Morgan fingerprint density at radius 3 is 1.10 bits per heavy atom. The van der Waals surface area contributed by atoms with Crippen LogP contribution in [0.2, 0.25) is 0 Å². The number of aromatic nitrogens is 2. The second-order valence-corrected chi connectivity index (χ2v) is 17.6. The Morgan fingerprint density at radius 2 is 0.746 bits per heavy atom. The summed E-state index contributed by atoms with van der Waals surface area (Å²) in [4.78, 5) is 0. The van der Waals surface area contributed by atoms with Crippen molar-refractivity contribution in [1.82, 2.24) is 9.13 Å². The third-order valence-electron chi connectivity index (χ3n) is 13.6. The van der Waals surface area contributed by atoms with Gasteiger partial charge in [0, 0.05) is 82.5 Å². The zero-order chi connectivity index (χ0) is 43.3. The second kappa shape index (κ2) is 19.7. The topological polar surface area (TPSA) is 75.9 Å². The maximum Gasteiger partial charge on any atom is 0.262 e. The Balaban J connectivity index is 0.00000203. The van der Waals surface area contributed by atoms with Gasteiger partial charge in [-0.25, -0.2) is 0 Å². The number of aryl methyl sites for hydroxylation is 2. The van der Waals surface area contributed by atoms with E-state index in [4.69, 9.17) is 9.47 Å². The van der Waals surface area contributed by atoms with Crippen molar-refractivity contribution >= 4 is 43.6 Å². The molecule has 4 N–H and O–H groups in total. The number of para-hydroxylation sites is 6. The molecule has 0 bridgehead atoms. The van der Waals surface area contributed by atoms with Crippen LogP contribution >= 0.6 is 0 Å². The van der Waals surface area contributed by atoms with Gasteiger partial charge in [0.2, 0.25) is 0 Å². The van der Waals surface area contributed by atoms with Crippen molar-refractivity contribution in [2.45, 2.75) is 39.5 Å². The summed E-state index contributed by atoms with van der Waals surface area (Å²) in [6.45, 7) is 5.57. The molecular weight excluding hydrogens is 991 g/mol. The van der Waals surface area contributed by atoms with Crippen molar-refractivity contribution in [1.29, 1.82) is 0 Å². The van der Waals surface area contributed by atoms with Crippen molar-refractivity contribution in [3.63, 3.8) is 0 Å². The van der Waals surface area contributed by atoms with Crippen LogP contribution in [-0.2, 0) is 25.8 Å². The van der Waals surface area contributed by atoms with Crippen LogP contribution in [0, 0.1) is 40.5 Å². The molecule has 1 aliphatic rings. The van der Waals surface area contributed by atoms with Crippen molar-refractivity contribution < 1.29 is 45.5 Å². The maximum absolute atomic E-state index is 12.2. The predicted molar refractivity (Wildman–Crippen MR) is 277 cm³/mol. The zero-order valence-corrected chi connectivity index (χ0v) is 42.3. The molecule has 2 aromatic heterocycles. The first-order chi connectivity index (χ1) is 31.4. The molecule has 1 aliphatic carbocycles. The van der Waals surface area contributed by atoms with Gasteiger partial charge in [-0.3, -0.25) is 0 Å². The van der Waals surface area contributed by atoms with Gasteiger partial charge < -0.3 is 43.7 Å². The second-order valence-electron chi connectivity index (χ2n) is 17.6. The number of fused-ring (bicyclic) bond motifs is 6. The molecule has 0 radical (unpaired) electrons. The number of rotatable bonds is 10. The molecule has 6 nitrogen and oxygen atoms in total. The van der Waals surface area contributed by atoms with Crippen molar-refractivity contribution in [2.24, 2.45) is 11.8 Å². The van der Waals surface area contributed by atoms with Crippen LogP contribution in [0.3, 0.4) is 0 Å². The average molecular weight is 1050 g/mol. The number of phenols is 2.